The fraction of sp³-hybridized carbons (Fsp3) is 0.333. The number of nitrogens with zero attached hydrogens (tertiary/aromatic N) is 2. The molecule has 21 heavy (non-hydrogen) atoms. The average molecular weight is 306 g/mol. The van der Waals surface area contributed by atoms with E-state index in [9.17, 15) is 4.39 Å². The van der Waals surface area contributed by atoms with E-state index in [0.717, 1.165) is 18.7 Å². The molecule has 0 radical (unpaired) electrons. The number of hydrogen-bond acceptors (Lipinski definition) is 2. The van der Waals surface area contributed by atoms with Gasteiger partial charge in [0, 0.05) is 23.9 Å². The van der Waals surface area contributed by atoms with Crippen LogP contribution in [0.4, 0.5) is 10.2 Å². The second-order valence-electron chi connectivity index (χ2n) is 4.80. The van der Waals surface area contributed by atoms with Crippen molar-refractivity contribution in [1.29, 1.82) is 0 Å². The maximum Gasteiger partial charge on any atom is 0.171 e. The third-order valence-electron chi connectivity index (χ3n) is 3.04. The maximum atomic E-state index is 13.7. The highest BCUT2D eigenvalue weighted by Crippen LogP contribution is 2.13. The summed E-state index contributed by atoms with van der Waals surface area (Å²) in [5.74, 6) is 0.444. The lowest BCUT2D eigenvalue weighted by Gasteiger charge is -2.07. The molecule has 0 saturated heterocycles. The highest BCUT2D eigenvalue weighted by molar-refractivity contribution is 7.80. The predicted molar refractivity (Wildman–Crippen MR) is 87.0 cm³/mol. The van der Waals surface area contributed by atoms with Crippen molar-refractivity contribution in [1.82, 2.24) is 15.1 Å². The van der Waals surface area contributed by atoms with Gasteiger partial charge in [0.2, 0.25) is 0 Å². The van der Waals surface area contributed by atoms with Crippen LogP contribution >= 0.6 is 12.2 Å². The highest BCUT2D eigenvalue weighted by atomic mass is 32.1. The van der Waals surface area contributed by atoms with E-state index >= 15 is 0 Å². The van der Waals surface area contributed by atoms with Gasteiger partial charge in [-0.05, 0) is 31.6 Å². The normalized spacial score (nSPS) is 10.4. The van der Waals surface area contributed by atoms with E-state index in [1.807, 2.05) is 19.1 Å². The Morgan fingerprint density at radius 2 is 2.14 bits per heavy atom. The standard InChI is InChI=1S/C15H19FN4S/c1-3-8-17-15(21)18-14-9-11(2)20(19-14)10-12-6-4-5-7-13(12)16/h4-7,9H,3,8,10H2,1-2H3,(H2,17,18,19,21). The van der Waals surface area contributed by atoms with Gasteiger partial charge in [0.1, 0.15) is 5.82 Å². The Morgan fingerprint density at radius 3 is 2.86 bits per heavy atom. The lowest BCUT2D eigenvalue weighted by molar-refractivity contribution is 0.581. The molecule has 0 spiro atoms. The van der Waals surface area contributed by atoms with E-state index in [4.69, 9.17) is 12.2 Å². The monoisotopic (exact) mass is 306 g/mol. The van der Waals surface area contributed by atoms with Crippen LogP contribution < -0.4 is 10.6 Å². The molecule has 0 bridgehead atoms. The Balaban J connectivity index is 2.06. The van der Waals surface area contributed by atoms with Crippen LogP contribution in [-0.4, -0.2) is 21.4 Å². The van der Waals surface area contributed by atoms with Crippen molar-refractivity contribution in [3.05, 3.63) is 47.4 Å². The zero-order chi connectivity index (χ0) is 15.2. The largest absolute Gasteiger partial charge is 0.362 e. The van der Waals surface area contributed by atoms with Gasteiger partial charge >= 0.3 is 0 Å². The molecule has 0 atom stereocenters. The molecule has 0 unspecified atom stereocenters. The van der Waals surface area contributed by atoms with Gasteiger partial charge < -0.3 is 10.6 Å². The van der Waals surface area contributed by atoms with Crippen molar-refractivity contribution in [3.8, 4) is 0 Å². The van der Waals surface area contributed by atoms with Crippen LogP contribution in [0.3, 0.4) is 0 Å². The number of benzene rings is 1. The predicted octanol–water partition coefficient (Wildman–Crippen LogP) is 3.08. The summed E-state index contributed by atoms with van der Waals surface area (Å²) >= 11 is 5.17. The molecular weight excluding hydrogens is 287 g/mol. The average Bonchev–Trinajstić information content (AvgIpc) is 2.79. The molecule has 0 saturated carbocycles. The minimum Gasteiger partial charge on any atom is -0.362 e. The zero-order valence-electron chi connectivity index (χ0n) is 12.2. The molecule has 1 aromatic carbocycles. The Kier molecular flexibility index (Phi) is 5.27. The number of thiocarbonyl (C=S) groups is 1. The first kappa shape index (κ1) is 15.4. The van der Waals surface area contributed by atoms with Gasteiger partial charge in [-0.25, -0.2) is 4.39 Å². The molecule has 112 valence electrons. The number of aromatic nitrogens is 2. The van der Waals surface area contributed by atoms with Gasteiger partial charge in [-0.1, -0.05) is 25.1 Å². The van der Waals surface area contributed by atoms with E-state index < -0.39 is 0 Å². The van der Waals surface area contributed by atoms with Gasteiger partial charge in [-0.15, -0.1) is 0 Å². The van der Waals surface area contributed by atoms with Gasteiger partial charge in [-0.3, -0.25) is 4.68 Å². The quantitative estimate of drug-likeness (QED) is 0.833. The summed E-state index contributed by atoms with van der Waals surface area (Å²) in [7, 11) is 0. The van der Waals surface area contributed by atoms with Crippen LogP contribution in [0, 0.1) is 12.7 Å². The van der Waals surface area contributed by atoms with E-state index in [2.05, 4.69) is 22.7 Å². The molecular formula is C15H19FN4S. The molecule has 0 aliphatic carbocycles. The minimum atomic E-state index is -0.220. The SMILES string of the molecule is CCCNC(=S)Nc1cc(C)n(Cc2ccccc2F)n1. The van der Waals surface area contributed by atoms with Gasteiger partial charge in [0.15, 0.2) is 10.9 Å². The summed E-state index contributed by atoms with van der Waals surface area (Å²) in [6.45, 7) is 5.22. The summed E-state index contributed by atoms with van der Waals surface area (Å²) in [5, 5.41) is 11.1. The third kappa shape index (κ3) is 4.26. The van der Waals surface area contributed by atoms with Crippen LogP contribution in [-0.2, 0) is 6.54 Å². The fourth-order valence-corrected chi connectivity index (χ4v) is 2.12. The van der Waals surface area contributed by atoms with Gasteiger partial charge in [0.05, 0.1) is 6.54 Å². The molecule has 2 rings (SSSR count). The first-order chi connectivity index (χ1) is 10.1. The fourth-order valence-electron chi connectivity index (χ4n) is 1.92. The number of hydrogen-bond donors (Lipinski definition) is 2. The molecule has 6 heteroatoms. The molecule has 2 aromatic rings. The first-order valence-corrected chi connectivity index (χ1v) is 7.33. The summed E-state index contributed by atoms with van der Waals surface area (Å²) in [6.07, 6.45) is 1.00. The number of aryl methyl sites for hydroxylation is 1. The maximum absolute atomic E-state index is 13.7. The van der Waals surface area contributed by atoms with E-state index in [1.165, 1.54) is 6.07 Å². The smallest absolute Gasteiger partial charge is 0.171 e. The van der Waals surface area contributed by atoms with Crippen molar-refractivity contribution in [2.24, 2.45) is 0 Å². The van der Waals surface area contributed by atoms with Crippen molar-refractivity contribution >= 4 is 23.1 Å². The van der Waals surface area contributed by atoms with E-state index in [0.29, 0.717) is 23.0 Å². The molecule has 1 aromatic heterocycles. The highest BCUT2D eigenvalue weighted by Gasteiger charge is 2.08. The summed E-state index contributed by atoms with van der Waals surface area (Å²) in [6, 6.07) is 8.61. The molecule has 0 fully saturated rings. The number of halogens is 1. The zero-order valence-corrected chi connectivity index (χ0v) is 13.0. The van der Waals surface area contributed by atoms with Crippen molar-refractivity contribution in [3.63, 3.8) is 0 Å². The summed E-state index contributed by atoms with van der Waals surface area (Å²) < 4.78 is 15.4. The Bertz CT molecular complexity index is 624. The van der Waals surface area contributed by atoms with Crippen LogP contribution in [0.1, 0.15) is 24.6 Å². The first-order valence-electron chi connectivity index (χ1n) is 6.93. The molecule has 1 heterocycles. The molecule has 0 aliphatic rings. The lowest BCUT2D eigenvalue weighted by atomic mass is 10.2. The molecule has 0 amide bonds. The van der Waals surface area contributed by atoms with Crippen LogP contribution in [0.2, 0.25) is 0 Å². The molecule has 2 N–H and O–H groups in total. The van der Waals surface area contributed by atoms with Crippen LogP contribution in [0.15, 0.2) is 30.3 Å². The van der Waals surface area contributed by atoms with Crippen LogP contribution in [0.25, 0.3) is 0 Å². The van der Waals surface area contributed by atoms with Crippen molar-refractivity contribution in [2.45, 2.75) is 26.8 Å². The molecule has 0 aliphatic heterocycles. The molecule has 4 nitrogen and oxygen atoms in total. The van der Waals surface area contributed by atoms with E-state index in [-0.39, 0.29) is 5.82 Å². The topological polar surface area (TPSA) is 41.9 Å². The van der Waals surface area contributed by atoms with Crippen molar-refractivity contribution < 1.29 is 4.39 Å². The third-order valence-corrected chi connectivity index (χ3v) is 3.28. The number of rotatable bonds is 5. The van der Waals surface area contributed by atoms with Crippen LogP contribution in [0.5, 0.6) is 0 Å². The van der Waals surface area contributed by atoms with E-state index in [1.54, 1.807) is 16.8 Å². The second-order valence-corrected chi connectivity index (χ2v) is 5.21. The van der Waals surface area contributed by atoms with Gasteiger partial charge in [-0.2, -0.15) is 5.10 Å². The summed E-state index contributed by atoms with van der Waals surface area (Å²) in [4.78, 5) is 0. The number of anilines is 1. The lowest BCUT2D eigenvalue weighted by Crippen LogP contribution is -2.29. The Labute approximate surface area is 129 Å². The minimum absolute atomic E-state index is 0.220. The van der Waals surface area contributed by atoms with Crippen molar-refractivity contribution in [2.75, 3.05) is 11.9 Å². The van der Waals surface area contributed by atoms with Gasteiger partial charge in [0.25, 0.3) is 0 Å². The summed E-state index contributed by atoms with van der Waals surface area (Å²) in [5.41, 5.74) is 1.56. The Morgan fingerprint density at radius 1 is 1.38 bits per heavy atom. The number of nitrogens with one attached hydrogen (secondary N) is 2. The second kappa shape index (κ2) is 7.17. The Hall–Kier alpha value is -1.95.